The van der Waals surface area contributed by atoms with Crippen LogP contribution in [0, 0.1) is 12.7 Å². The first-order valence-electron chi connectivity index (χ1n) is 8.47. The lowest BCUT2D eigenvalue weighted by atomic mass is 9.94. The molecule has 5 nitrogen and oxygen atoms in total. The molecule has 27 heavy (non-hydrogen) atoms. The Hall–Kier alpha value is -2.44. The average Bonchev–Trinajstić information content (AvgIpc) is 2.59. The number of ether oxygens (including phenoxy) is 1. The summed E-state index contributed by atoms with van der Waals surface area (Å²) >= 11 is 6.27. The quantitative estimate of drug-likeness (QED) is 0.811. The molecule has 2 N–H and O–H groups in total. The highest BCUT2D eigenvalue weighted by Crippen LogP contribution is 2.40. The Bertz CT molecular complexity index is 939. The minimum Gasteiger partial charge on any atom is -0.495 e. The van der Waals surface area contributed by atoms with Crippen molar-refractivity contribution in [1.29, 1.82) is 0 Å². The molecular formula is C20H20ClFN2O3. The van der Waals surface area contributed by atoms with E-state index < -0.39 is 5.82 Å². The van der Waals surface area contributed by atoms with Crippen LogP contribution in [0.5, 0.6) is 5.75 Å². The van der Waals surface area contributed by atoms with E-state index in [1.807, 2.05) is 0 Å². The number of carbonyl (C=O) groups excluding carboxylic acids is 2. The zero-order valence-electron chi connectivity index (χ0n) is 15.3. The number of amides is 1. The van der Waals surface area contributed by atoms with Crippen molar-refractivity contribution in [2.45, 2.75) is 19.9 Å². The Labute approximate surface area is 161 Å². The number of ketones is 1. The summed E-state index contributed by atoms with van der Waals surface area (Å²) in [5, 5.41) is 0.381. The summed E-state index contributed by atoms with van der Waals surface area (Å²) in [4.78, 5) is 25.8. The maximum atomic E-state index is 14.7. The number of nitrogens with two attached hydrogens (primary N) is 1. The molecule has 1 aliphatic rings. The van der Waals surface area contributed by atoms with E-state index >= 15 is 0 Å². The van der Waals surface area contributed by atoms with Gasteiger partial charge in [-0.2, -0.15) is 0 Å². The van der Waals surface area contributed by atoms with Crippen molar-refractivity contribution in [3.8, 4) is 16.9 Å². The standard InChI is InChI=1S/C20H20ClFN2O3/c1-10-16(21)7-15(11(2)25)19(27-3)18(10)12-4-5-14(17(22)6-12)20(26)24-8-13(23)9-24/h4-7,13H,8-9,23H2,1-3H3. The third-order valence-electron chi connectivity index (χ3n) is 4.74. The lowest BCUT2D eigenvalue weighted by Crippen LogP contribution is -2.57. The monoisotopic (exact) mass is 390 g/mol. The van der Waals surface area contributed by atoms with Crippen molar-refractivity contribution >= 4 is 23.3 Å². The van der Waals surface area contributed by atoms with Gasteiger partial charge in [-0.1, -0.05) is 17.7 Å². The molecule has 1 amide bonds. The van der Waals surface area contributed by atoms with Gasteiger partial charge in [0.15, 0.2) is 5.78 Å². The number of rotatable bonds is 4. The van der Waals surface area contributed by atoms with Gasteiger partial charge in [0.05, 0.1) is 18.2 Å². The van der Waals surface area contributed by atoms with E-state index in [-0.39, 0.29) is 23.3 Å². The number of hydrogen-bond acceptors (Lipinski definition) is 4. The molecule has 3 rings (SSSR count). The number of methoxy groups -OCH3 is 1. The molecule has 1 fully saturated rings. The Kier molecular flexibility index (Phi) is 5.22. The van der Waals surface area contributed by atoms with Gasteiger partial charge in [-0.15, -0.1) is 0 Å². The highest BCUT2D eigenvalue weighted by Gasteiger charge is 2.30. The van der Waals surface area contributed by atoms with Crippen molar-refractivity contribution in [2.24, 2.45) is 5.73 Å². The first-order valence-corrected chi connectivity index (χ1v) is 8.85. The molecule has 0 spiro atoms. The fourth-order valence-electron chi connectivity index (χ4n) is 3.24. The van der Waals surface area contributed by atoms with E-state index in [0.29, 0.717) is 46.1 Å². The Morgan fingerprint density at radius 2 is 1.93 bits per heavy atom. The fourth-order valence-corrected chi connectivity index (χ4v) is 3.44. The SMILES string of the molecule is COc1c(C(C)=O)cc(Cl)c(C)c1-c1ccc(C(=O)N2CC(N)C2)c(F)c1. The van der Waals surface area contributed by atoms with E-state index in [9.17, 15) is 14.0 Å². The molecule has 0 saturated carbocycles. The molecule has 0 aliphatic carbocycles. The van der Waals surface area contributed by atoms with Gasteiger partial charge in [0.1, 0.15) is 11.6 Å². The smallest absolute Gasteiger partial charge is 0.256 e. The molecule has 1 saturated heterocycles. The second-order valence-corrected chi connectivity index (χ2v) is 7.07. The number of nitrogens with zero attached hydrogens (tertiary/aromatic N) is 1. The van der Waals surface area contributed by atoms with Crippen molar-refractivity contribution in [2.75, 3.05) is 20.2 Å². The molecular weight excluding hydrogens is 371 g/mol. The van der Waals surface area contributed by atoms with Gasteiger partial charge >= 0.3 is 0 Å². The molecule has 7 heteroatoms. The van der Waals surface area contributed by atoms with Gasteiger partial charge in [-0.25, -0.2) is 4.39 Å². The number of carbonyl (C=O) groups is 2. The fraction of sp³-hybridized carbons (Fsp3) is 0.300. The summed E-state index contributed by atoms with van der Waals surface area (Å²) in [6.07, 6.45) is 0. The summed E-state index contributed by atoms with van der Waals surface area (Å²) in [6.45, 7) is 4.02. The molecule has 142 valence electrons. The van der Waals surface area contributed by atoms with E-state index in [1.54, 1.807) is 19.1 Å². The summed E-state index contributed by atoms with van der Waals surface area (Å²) in [5.41, 5.74) is 7.64. The Morgan fingerprint density at radius 3 is 2.44 bits per heavy atom. The number of halogens is 2. The third-order valence-corrected chi connectivity index (χ3v) is 5.14. The molecule has 0 radical (unpaired) electrons. The van der Waals surface area contributed by atoms with Crippen LogP contribution in [0.4, 0.5) is 4.39 Å². The maximum Gasteiger partial charge on any atom is 0.256 e. The molecule has 1 aliphatic heterocycles. The van der Waals surface area contributed by atoms with Crippen LogP contribution < -0.4 is 10.5 Å². The van der Waals surface area contributed by atoms with E-state index in [2.05, 4.69) is 0 Å². The predicted molar refractivity (Wildman–Crippen MR) is 102 cm³/mol. The van der Waals surface area contributed by atoms with E-state index in [1.165, 1.54) is 31.1 Å². The number of benzene rings is 2. The molecule has 0 unspecified atom stereocenters. The average molecular weight is 391 g/mol. The highest BCUT2D eigenvalue weighted by atomic mass is 35.5. The Morgan fingerprint density at radius 1 is 1.26 bits per heavy atom. The van der Waals surface area contributed by atoms with Crippen LogP contribution >= 0.6 is 11.6 Å². The van der Waals surface area contributed by atoms with Crippen LogP contribution in [0.3, 0.4) is 0 Å². The molecule has 0 atom stereocenters. The van der Waals surface area contributed by atoms with Gasteiger partial charge in [0.2, 0.25) is 0 Å². The van der Waals surface area contributed by atoms with Gasteiger partial charge in [-0.3, -0.25) is 9.59 Å². The van der Waals surface area contributed by atoms with Crippen LogP contribution in [-0.2, 0) is 0 Å². The summed E-state index contributed by atoms with van der Waals surface area (Å²) < 4.78 is 20.1. The highest BCUT2D eigenvalue weighted by molar-refractivity contribution is 6.32. The van der Waals surface area contributed by atoms with Gasteiger partial charge < -0.3 is 15.4 Å². The van der Waals surface area contributed by atoms with Crippen molar-refractivity contribution in [1.82, 2.24) is 4.90 Å². The predicted octanol–water partition coefficient (Wildman–Crippen LogP) is 3.45. The third kappa shape index (κ3) is 3.42. The first kappa shape index (κ1) is 19.3. The van der Waals surface area contributed by atoms with Gasteiger partial charge in [-0.05, 0) is 43.2 Å². The molecule has 1 heterocycles. The van der Waals surface area contributed by atoms with E-state index in [4.69, 9.17) is 22.1 Å². The zero-order chi connectivity index (χ0) is 19.9. The van der Waals surface area contributed by atoms with E-state index in [0.717, 1.165) is 0 Å². The second kappa shape index (κ2) is 7.29. The lowest BCUT2D eigenvalue weighted by molar-refractivity contribution is 0.0603. The zero-order valence-corrected chi connectivity index (χ0v) is 16.1. The minimum atomic E-state index is -0.649. The topological polar surface area (TPSA) is 72.6 Å². The second-order valence-electron chi connectivity index (χ2n) is 6.66. The summed E-state index contributed by atoms with van der Waals surface area (Å²) in [7, 11) is 1.44. The molecule has 0 aromatic heterocycles. The van der Waals surface area contributed by atoms with Crippen LogP contribution in [0.25, 0.3) is 11.1 Å². The normalized spacial score (nSPS) is 14.1. The van der Waals surface area contributed by atoms with Gasteiger partial charge in [0.25, 0.3) is 5.91 Å². The number of hydrogen-bond donors (Lipinski definition) is 1. The van der Waals surface area contributed by atoms with Crippen molar-refractivity contribution < 1.29 is 18.7 Å². The first-order chi connectivity index (χ1) is 12.7. The molecule has 2 aromatic carbocycles. The van der Waals surface area contributed by atoms with Crippen LogP contribution in [0.1, 0.15) is 33.2 Å². The Balaban J connectivity index is 2.08. The maximum absolute atomic E-state index is 14.7. The minimum absolute atomic E-state index is 0.0175. The summed E-state index contributed by atoms with van der Waals surface area (Å²) in [6, 6.07) is 5.81. The summed E-state index contributed by atoms with van der Waals surface area (Å²) in [5.74, 6) is -0.920. The van der Waals surface area contributed by atoms with Crippen LogP contribution in [-0.4, -0.2) is 42.8 Å². The van der Waals surface area contributed by atoms with Crippen LogP contribution in [0.15, 0.2) is 24.3 Å². The largest absolute Gasteiger partial charge is 0.495 e. The van der Waals surface area contributed by atoms with Gasteiger partial charge in [0, 0.05) is 29.7 Å². The number of likely N-dealkylation sites (tertiary alicyclic amines) is 1. The molecule has 2 aromatic rings. The molecule has 0 bridgehead atoms. The van der Waals surface area contributed by atoms with Crippen LogP contribution in [0.2, 0.25) is 5.02 Å². The lowest BCUT2D eigenvalue weighted by Gasteiger charge is -2.36. The van der Waals surface area contributed by atoms with Crippen molar-refractivity contribution in [3.63, 3.8) is 0 Å². The van der Waals surface area contributed by atoms with Crippen molar-refractivity contribution in [3.05, 3.63) is 51.8 Å². The number of Topliss-reactive ketones (excluding diaryl/α,β-unsaturated/α-hetero) is 1.